The molecule has 0 heterocycles. The van der Waals surface area contributed by atoms with Crippen LogP contribution in [0.15, 0.2) is 24.3 Å². The lowest BCUT2D eigenvalue weighted by molar-refractivity contribution is -0.143. The maximum absolute atomic E-state index is 12.2. The van der Waals surface area contributed by atoms with Gasteiger partial charge in [0, 0.05) is 5.56 Å². The van der Waals surface area contributed by atoms with Crippen LogP contribution in [0.3, 0.4) is 0 Å². The van der Waals surface area contributed by atoms with Crippen LogP contribution in [-0.2, 0) is 9.53 Å². The van der Waals surface area contributed by atoms with Crippen LogP contribution in [0.5, 0.6) is 5.75 Å². The summed E-state index contributed by atoms with van der Waals surface area (Å²) in [5.41, 5.74) is 0.488. The van der Waals surface area contributed by atoms with Crippen LogP contribution < -0.4 is 10.1 Å². The van der Waals surface area contributed by atoms with E-state index in [1.165, 1.54) is 7.11 Å². The van der Waals surface area contributed by atoms with Crippen molar-refractivity contribution in [2.75, 3.05) is 13.7 Å². The fourth-order valence-electron chi connectivity index (χ4n) is 1.99. The third-order valence-electron chi connectivity index (χ3n) is 3.09. The minimum atomic E-state index is -0.631. The number of methoxy groups -OCH3 is 1. The molecule has 1 rings (SSSR count). The summed E-state index contributed by atoms with van der Waals surface area (Å²) < 4.78 is 10.2. The minimum Gasteiger partial charge on any atom is -0.494 e. The molecule has 0 bridgehead atoms. The molecule has 1 aromatic carbocycles. The van der Waals surface area contributed by atoms with Gasteiger partial charge in [0.25, 0.3) is 5.91 Å². The van der Waals surface area contributed by atoms with Gasteiger partial charge in [-0.05, 0) is 43.0 Å². The fraction of sp³-hybridized carbons (Fsp3) is 0.529. The number of carbonyl (C=O) groups excluding carboxylic acids is 2. The van der Waals surface area contributed by atoms with Crippen LogP contribution in [0, 0.1) is 5.92 Å². The summed E-state index contributed by atoms with van der Waals surface area (Å²) >= 11 is 0. The van der Waals surface area contributed by atoms with E-state index < -0.39 is 12.0 Å². The van der Waals surface area contributed by atoms with E-state index in [1.54, 1.807) is 24.3 Å². The van der Waals surface area contributed by atoms with Gasteiger partial charge in [0.05, 0.1) is 13.7 Å². The lowest BCUT2D eigenvalue weighted by Crippen LogP contribution is -2.42. The van der Waals surface area contributed by atoms with E-state index in [4.69, 9.17) is 9.47 Å². The molecule has 1 atom stereocenters. The highest BCUT2D eigenvalue weighted by Crippen LogP contribution is 2.13. The summed E-state index contributed by atoms with van der Waals surface area (Å²) in [4.78, 5) is 24.0. The zero-order chi connectivity index (χ0) is 16.5. The Morgan fingerprint density at radius 1 is 1.18 bits per heavy atom. The molecule has 122 valence electrons. The summed E-state index contributed by atoms with van der Waals surface area (Å²) in [7, 11) is 1.32. The van der Waals surface area contributed by atoms with Gasteiger partial charge in [-0.3, -0.25) is 4.79 Å². The molecule has 0 aliphatic carbocycles. The Labute approximate surface area is 132 Å². The monoisotopic (exact) mass is 307 g/mol. The molecule has 1 amide bonds. The number of hydrogen-bond donors (Lipinski definition) is 1. The van der Waals surface area contributed by atoms with Crippen molar-refractivity contribution in [3.63, 3.8) is 0 Å². The van der Waals surface area contributed by atoms with E-state index in [-0.39, 0.29) is 11.8 Å². The molecule has 0 radical (unpaired) electrons. The van der Waals surface area contributed by atoms with Crippen LogP contribution in [-0.4, -0.2) is 31.6 Å². The molecule has 0 aliphatic heterocycles. The quantitative estimate of drug-likeness (QED) is 0.750. The number of amides is 1. The van der Waals surface area contributed by atoms with Gasteiger partial charge in [-0.25, -0.2) is 4.79 Å². The van der Waals surface area contributed by atoms with E-state index in [2.05, 4.69) is 5.32 Å². The molecule has 0 aromatic heterocycles. The number of carbonyl (C=O) groups is 2. The Bertz CT molecular complexity index is 482. The zero-order valence-electron chi connectivity index (χ0n) is 13.7. The molecule has 1 aromatic rings. The Balaban J connectivity index is 2.70. The van der Waals surface area contributed by atoms with Gasteiger partial charge in [-0.15, -0.1) is 0 Å². The van der Waals surface area contributed by atoms with Crippen molar-refractivity contribution in [2.24, 2.45) is 5.92 Å². The SMILES string of the molecule is CCCOc1ccc(C(=O)N[C@H](CC(C)C)C(=O)OC)cc1. The van der Waals surface area contributed by atoms with Crippen LogP contribution in [0.4, 0.5) is 0 Å². The second-order valence-corrected chi connectivity index (χ2v) is 5.55. The first kappa shape index (κ1) is 18.0. The molecule has 0 saturated carbocycles. The third-order valence-corrected chi connectivity index (χ3v) is 3.09. The van der Waals surface area contributed by atoms with Crippen molar-refractivity contribution in [1.29, 1.82) is 0 Å². The molecular formula is C17H25NO4. The van der Waals surface area contributed by atoms with Crippen LogP contribution in [0.2, 0.25) is 0 Å². The highest BCUT2D eigenvalue weighted by Gasteiger charge is 2.23. The van der Waals surface area contributed by atoms with Crippen molar-refractivity contribution < 1.29 is 19.1 Å². The summed E-state index contributed by atoms with van der Waals surface area (Å²) in [5, 5.41) is 2.72. The molecule has 0 spiro atoms. The van der Waals surface area contributed by atoms with Crippen molar-refractivity contribution >= 4 is 11.9 Å². The van der Waals surface area contributed by atoms with Gasteiger partial charge < -0.3 is 14.8 Å². The first-order valence-electron chi connectivity index (χ1n) is 7.59. The maximum Gasteiger partial charge on any atom is 0.328 e. The standard InChI is InChI=1S/C17H25NO4/c1-5-10-22-14-8-6-13(7-9-14)16(19)18-15(11-12(2)3)17(20)21-4/h6-9,12,15H,5,10-11H2,1-4H3,(H,18,19)/t15-/m1/s1. The molecule has 22 heavy (non-hydrogen) atoms. The number of benzene rings is 1. The van der Waals surface area contributed by atoms with E-state index in [9.17, 15) is 9.59 Å². The molecule has 1 N–H and O–H groups in total. The molecular weight excluding hydrogens is 282 g/mol. The molecule has 0 fully saturated rings. The zero-order valence-corrected chi connectivity index (χ0v) is 13.7. The van der Waals surface area contributed by atoms with E-state index in [1.807, 2.05) is 20.8 Å². The number of hydrogen-bond acceptors (Lipinski definition) is 4. The Morgan fingerprint density at radius 2 is 1.82 bits per heavy atom. The third kappa shape index (κ3) is 5.76. The van der Waals surface area contributed by atoms with Gasteiger partial charge in [0.2, 0.25) is 0 Å². The fourth-order valence-corrected chi connectivity index (χ4v) is 1.99. The number of esters is 1. The maximum atomic E-state index is 12.2. The molecule has 0 saturated heterocycles. The molecule has 5 nitrogen and oxygen atoms in total. The summed E-state index contributed by atoms with van der Waals surface area (Å²) in [6, 6.07) is 6.24. The Kier molecular flexibility index (Phi) is 7.43. The second kappa shape index (κ2) is 9.07. The largest absolute Gasteiger partial charge is 0.494 e. The summed E-state index contributed by atoms with van der Waals surface area (Å²) in [6.07, 6.45) is 1.47. The number of rotatable bonds is 8. The van der Waals surface area contributed by atoms with Crippen molar-refractivity contribution in [3.05, 3.63) is 29.8 Å². The Hall–Kier alpha value is -2.04. The summed E-state index contributed by atoms with van der Waals surface area (Å²) in [5.74, 6) is 0.280. The van der Waals surface area contributed by atoms with Gasteiger partial charge in [0.1, 0.15) is 11.8 Å². The van der Waals surface area contributed by atoms with E-state index >= 15 is 0 Å². The number of ether oxygens (including phenoxy) is 2. The molecule has 0 aliphatic rings. The predicted molar refractivity (Wildman–Crippen MR) is 85.0 cm³/mol. The minimum absolute atomic E-state index is 0.272. The second-order valence-electron chi connectivity index (χ2n) is 5.55. The van der Waals surface area contributed by atoms with Crippen molar-refractivity contribution in [1.82, 2.24) is 5.32 Å². The van der Waals surface area contributed by atoms with Gasteiger partial charge in [-0.1, -0.05) is 20.8 Å². The van der Waals surface area contributed by atoms with E-state index in [0.717, 1.165) is 12.2 Å². The van der Waals surface area contributed by atoms with Crippen molar-refractivity contribution in [3.8, 4) is 5.75 Å². The van der Waals surface area contributed by atoms with Gasteiger partial charge in [0.15, 0.2) is 0 Å². The molecule has 5 heteroatoms. The van der Waals surface area contributed by atoms with Crippen LogP contribution >= 0.6 is 0 Å². The van der Waals surface area contributed by atoms with Crippen LogP contribution in [0.25, 0.3) is 0 Å². The molecule has 0 unspecified atom stereocenters. The topological polar surface area (TPSA) is 64.6 Å². The van der Waals surface area contributed by atoms with Crippen LogP contribution in [0.1, 0.15) is 44.0 Å². The lowest BCUT2D eigenvalue weighted by atomic mass is 10.0. The lowest BCUT2D eigenvalue weighted by Gasteiger charge is -2.18. The average Bonchev–Trinajstić information content (AvgIpc) is 2.51. The van der Waals surface area contributed by atoms with E-state index in [0.29, 0.717) is 18.6 Å². The summed E-state index contributed by atoms with van der Waals surface area (Å²) in [6.45, 7) is 6.65. The average molecular weight is 307 g/mol. The highest BCUT2D eigenvalue weighted by atomic mass is 16.5. The normalized spacial score (nSPS) is 11.9. The first-order chi connectivity index (χ1) is 10.5. The van der Waals surface area contributed by atoms with Gasteiger partial charge >= 0.3 is 5.97 Å². The van der Waals surface area contributed by atoms with Crippen molar-refractivity contribution in [2.45, 2.75) is 39.7 Å². The number of nitrogens with one attached hydrogen (secondary N) is 1. The Morgan fingerprint density at radius 3 is 2.32 bits per heavy atom. The highest BCUT2D eigenvalue weighted by molar-refractivity contribution is 5.96. The van der Waals surface area contributed by atoms with Gasteiger partial charge in [-0.2, -0.15) is 0 Å². The first-order valence-corrected chi connectivity index (χ1v) is 7.59. The predicted octanol–water partition coefficient (Wildman–Crippen LogP) is 2.79. The smallest absolute Gasteiger partial charge is 0.328 e.